The fourth-order valence-electron chi connectivity index (χ4n) is 2.07. The van der Waals surface area contributed by atoms with Crippen LogP contribution in [0.1, 0.15) is 24.6 Å². The van der Waals surface area contributed by atoms with Gasteiger partial charge in [-0.2, -0.15) is 0 Å². The van der Waals surface area contributed by atoms with Gasteiger partial charge >= 0.3 is 5.97 Å². The molecule has 1 N–H and O–H groups in total. The van der Waals surface area contributed by atoms with E-state index < -0.39 is 5.97 Å². The van der Waals surface area contributed by atoms with Crippen molar-refractivity contribution in [1.29, 1.82) is 0 Å². The average molecular weight is 290 g/mol. The predicted octanol–water partition coefficient (Wildman–Crippen LogP) is 2.16. The first-order chi connectivity index (χ1) is 9.66. The molecule has 1 aliphatic rings. The lowest BCUT2D eigenvalue weighted by Crippen LogP contribution is -2.04. The molecule has 104 valence electrons. The molecule has 0 saturated heterocycles. The van der Waals surface area contributed by atoms with E-state index in [0.29, 0.717) is 11.2 Å². The van der Waals surface area contributed by atoms with Crippen LogP contribution in [0.2, 0.25) is 0 Å². The monoisotopic (exact) mass is 290 g/mol. The van der Waals surface area contributed by atoms with E-state index in [2.05, 4.69) is 19.7 Å². The lowest BCUT2D eigenvalue weighted by atomic mass is 10.2. The third-order valence-electron chi connectivity index (χ3n) is 3.15. The van der Waals surface area contributed by atoms with E-state index in [1.54, 1.807) is 6.20 Å². The smallest absolute Gasteiger partial charge is 0.313 e. The predicted molar refractivity (Wildman–Crippen MR) is 74.6 cm³/mol. The summed E-state index contributed by atoms with van der Waals surface area (Å²) in [6.07, 6.45) is 3.92. The molecule has 2 aromatic heterocycles. The van der Waals surface area contributed by atoms with Gasteiger partial charge in [0.25, 0.3) is 0 Å². The standard InChI is InChI=1S/C13H14N4O2S/c1-8-10(3-2-6-14-8)12-15-16-13(20-7-11(18)19)17(12)9-4-5-9/h2-3,6,9H,4-5,7H2,1H3,(H,18,19). The van der Waals surface area contributed by atoms with Crippen LogP contribution in [0.5, 0.6) is 0 Å². The molecular formula is C13H14N4O2S. The van der Waals surface area contributed by atoms with Gasteiger partial charge in [-0.1, -0.05) is 11.8 Å². The highest BCUT2D eigenvalue weighted by molar-refractivity contribution is 7.99. The Morgan fingerprint density at radius 2 is 2.30 bits per heavy atom. The van der Waals surface area contributed by atoms with Crippen molar-refractivity contribution in [2.45, 2.75) is 31.0 Å². The summed E-state index contributed by atoms with van der Waals surface area (Å²) >= 11 is 1.21. The Balaban J connectivity index is 1.99. The molecule has 0 atom stereocenters. The highest BCUT2D eigenvalue weighted by Gasteiger charge is 2.30. The summed E-state index contributed by atoms with van der Waals surface area (Å²) in [5.74, 6) is -0.0675. The number of aliphatic carboxylic acids is 1. The maximum atomic E-state index is 10.7. The molecule has 2 heterocycles. The summed E-state index contributed by atoms with van der Waals surface area (Å²) in [6, 6.07) is 4.23. The fraction of sp³-hybridized carbons (Fsp3) is 0.385. The quantitative estimate of drug-likeness (QED) is 0.850. The SMILES string of the molecule is Cc1ncccc1-c1nnc(SCC(=O)O)n1C1CC1. The van der Waals surface area contributed by atoms with Gasteiger partial charge in [0, 0.05) is 23.5 Å². The molecule has 1 saturated carbocycles. The van der Waals surface area contributed by atoms with Crippen molar-refractivity contribution in [1.82, 2.24) is 19.7 Å². The Morgan fingerprint density at radius 1 is 1.50 bits per heavy atom. The normalized spacial score (nSPS) is 14.4. The van der Waals surface area contributed by atoms with E-state index in [9.17, 15) is 4.79 Å². The zero-order valence-corrected chi connectivity index (χ0v) is 11.8. The molecule has 2 aromatic rings. The average Bonchev–Trinajstić information content (AvgIpc) is 3.17. The third kappa shape index (κ3) is 2.53. The Kier molecular flexibility index (Phi) is 3.43. The number of aromatic nitrogens is 4. The summed E-state index contributed by atoms with van der Waals surface area (Å²) in [5.41, 5.74) is 1.85. The molecule has 3 rings (SSSR count). The van der Waals surface area contributed by atoms with Gasteiger partial charge in [0.05, 0.1) is 5.75 Å². The number of pyridine rings is 1. The lowest BCUT2D eigenvalue weighted by Gasteiger charge is -2.09. The van der Waals surface area contributed by atoms with Gasteiger partial charge in [-0.3, -0.25) is 14.3 Å². The number of carbonyl (C=O) groups is 1. The van der Waals surface area contributed by atoms with Crippen LogP contribution in [-0.2, 0) is 4.79 Å². The van der Waals surface area contributed by atoms with Gasteiger partial charge in [-0.15, -0.1) is 10.2 Å². The van der Waals surface area contributed by atoms with Gasteiger partial charge in [-0.25, -0.2) is 0 Å². The van der Waals surface area contributed by atoms with Gasteiger partial charge in [-0.05, 0) is 31.9 Å². The van der Waals surface area contributed by atoms with E-state index in [1.165, 1.54) is 11.8 Å². The van der Waals surface area contributed by atoms with Gasteiger partial charge in [0.1, 0.15) is 0 Å². The largest absolute Gasteiger partial charge is 0.481 e. The van der Waals surface area contributed by atoms with Crippen molar-refractivity contribution in [2.75, 3.05) is 5.75 Å². The number of hydrogen-bond donors (Lipinski definition) is 1. The van der Waals surface area contributed by atoms with Gasteiger partial charge in [0.2, 0.25) is 0 Å². The Hall–Kier alpha value is -1.89. The molecule has 0 aromatic carbocycles. The minimum absolute atomic E-state index is 0.00310. The van der Waals surface area contributed by atoms with Crippen LogP contribution in [-0.4, -0.2) is 36.6 Å². The maximum absolute atomic E-state index is 10.7. The van der Waals surface area contributed by atoms with Crippen LogP contribution in [0.4, 0.5) is 0 Å². The lowest BCUT2D eigenvalue weighted by molar-refractivity contribution is -0.133. The second kappa shape index (κ2) is 5.24. The Labute approximate surface area is 120 Å². The molecular weight excluding hydrogens is 276 g/mol. The highest BCUT2D eigenvalue weighted by Crippen LogP contribution is 2.41. The topological polar surface area (TPSA) is 80.9 Å². The number of carboxylic acids is 1. The molecule has 6 nitrogen and oxygen atoms in total. The summed E-state index contributed by atoms with van der Waals surface area (Å²) in [7, 11) is 0. The van der Waals surface area contributed by atoms with Crippen molar-refractivity contribution < 1.29 is 9.90 Å². The van der Waals surface area contributed by atoms with Crippen LogP contribution < -0.4 is 0 Å². The fourth-order valence-corrected chi connectivity index (χ4v) is 2.79. The Bertz CT molecular complexity index is 652. The second-order valence-corrected chi connectivity index (χ2v) is 5.67. The van der Waals surface area contributed by atoms with Crippen LogP contribution in [0.15, 0.2) is 23.5 Å². The third-order valence-corrected chi connectivity index (χ3v) is 4.08. The van der Waals surface area contributed by atoms with Crippen molar-refractivity contribution in [3.8, 4) is 11.4 Å². The van der Waals surface area contributed by atoms with Gasteiger partial charge in [0.15, 0.2) is 11.0 Å². The zero-order chi connectivity index (χ0) is 14.1. The first-order valence-corrected chi connectivity index (χ1v) is 7.37. The molecule has 20 heavy (non-hydrogen) atoms. The van der Waals surface area contributed by atoms with E-state index >= 15 is 0 Å². The highest BCUT2D eigenvalue weighted by atomic mass is 32.2. The van der Waals surface area contributed by atoms with Crippen LogP contribution >= 0.6 is 11.8 Å². The number of nitrogens with zero attached hydrogens (tertiary/aromatic N) is 4. The number of carboxylic acid groups (broad SMARTS) is 1. The van der Waals surface area contributed by atoms with E-state index in [4.69, 9.17) is 5.11 Å². The van der Waals surface area contributed by atoms with Crippen LogP contribution in [0.3, 0.4) is 0 Å². The summed E-state index contributed by atoms with van der Waals surface area (Å²) in [4.78, 5) is 15.0. The van der Waals surface area contributed by atoms with Crippen molar-refractivity contribution >= 4 is 17.7 Å². The number of thioether (sulfide) groups is 1. The minimum atomic E-state index is -0.848. The summed E-state index contributed by atoms with van der Waals surface area (Å²) in [5, 5.41) is 17.9. The zero-order valence-electron chi connectivity index (χ0n) is 11.0. The molecule has 0 amide bonds. The molecule has 0 bridgehead atoms. The van der Waals surface area contributed by atoms with E-state index in [0.717, 1.165) is 29.9 Å². The molecule has 0 spiro atoms. The van der Waals surface area contributed by atoms with Crippen molar-refractivity contribution in [3.63, 3.8) is 0 Å². The summed E-state index contributed by atoms with van der Waals surface area (Å²) < 4.78 is 2.05. The van der Waals surface area contributed by atoms with E-state index in [-0.39, 0.29) is 5.75 Å². The second-order valence-electron chi connectivity index (χ2n) is 4.73. The number of aryl methyl sites for hydroxylation is 1. The van der Waals surface area contributed by atoms with Crippen molar-refractivity contribution in [3.05, 3.63) is 24.0 Å². The molecule has 1 fully saturated rings. The molecule has 0 aliphatic heterocycles. The maximum Gasteiger partial charge on any atom is 0.313 e. The Morgan fingerprint density at radius 3 is 2.95 bits per heavy atom. The van der Waals surface area contributed by atoms with Crippen LogP contribution in [0, 0.1) is 6.92 Å². The first kappa shape index (κ1) is 13.1. The molecule has 0 unspecified atom stereocenters. The number of rotatable bonds is 5. The number of hydrogen-bond acceptors (Lipinski definition) is 5. The van der Waals surface area contributed by atoms with Gasteiger partial charge < -0.3 is 5.11 Å². The molecule has 0 radical (unpaired) electrons. The summed E-state index contributed by atoms with van der Waals surface area (Å²) in [6.45, 7) is 1.94. The molecule has 7 heteroatoms. The van der Waals surface area contributed by atoms with E-state index in [1.807, 2.05) is 19.1 Å². The minimum Gasteiger partial charge on any atom is -0.481 e. The molecule has 1 aliphatic carbocycles. The first-order valence-electron chi connectivity index (χ1n) is 6.38. The van der Waals surface area contributed by atoms with Crippen molar-refractivity contribution in [2.24, 2.45) is 0 Å². The van der Waals surface area contributed by atoms with Crippen LogP contribution in [0.25, 0.3) is 11.4 Å².